The topological polar surface area (TPSA) is 0 Å². The fraction of sp³-hybridized carbons (Fsp3) is 0. The van der Waals surface area contributed by atoms with Crippen molar-refractivity contribution in [1.82, 2.24) is 0 Å². The van der Waals surface area contributed by atoms with Gasteiger partial charge in [0.1, 0.15) is 0 Å². The summed E-state index contributed by atoms with van der Waals surface area (Å²) in [6.07, 6.45) is 0. The van der Waals surface area contributed by atoms with Crippen LogP contribution in [0.1, 0.15) is 0 Å². The summed E-state index contributed by atoms with van der Waals surface area (Å²) in [6, 6.07) is 85.1. The first kappa shape index (κ1) is 34.3. The van der Waals surface area contributed by atoms with Gasteiger partial charge in [0.25, 0.3) is 0 Å². The van der Waals surface area contributed by atoms with Crippen LogP contribution in [0, 0.1) is 0 Å². The Labute approximate surface area is 349 Å². The number of hydrogen-bond donors (Lipinski definition) is 0. The molecule has 12 rings (SSSR count). The zero-order valence-electron chi connectivity index (χ0n) is 32.9. The zero-order valence-corrected chi connectivity index (χ0v) is 32.9. The van der Waals surface area contributed by atoms with Gasteiger partial charge in [0.2, 0.25) is 0 Å². The first-order valence-corrected chi connectivity index (χ1v) is 20.8. The van der Waals surface area contributed by atoms with E-state index in [0.29, 0.717) is 0 Å². The van der Waals surface area contributed by atoms with E-state index in [1.54, 1.807) is 0 Å². The van der Waals surface area contributed by atoms with Gasteiger partial charge in [0.05, 0.1) is 0 Å². The van der Waals surface area contributed by atoms with Crippen molar-refractivity contribution in [3.63, 3.8) is 0 Å². The molecule has 0 aromatic heterocycles. The lowest BCUT2D eigenvalue weighted by Crippen LogP contribution is -1.93. The van der Waals surface area contributed by atoms with Crippen LogP contribution in [-0.4, -0.2) is 0 Å². The van der Waals surface area contributed by atoms with Crippen LogP contribution in [0.4, 0.5) is 0 Å². The molecule has 0 heteroatoms. The van der Waals surface area contributed by atoms with Crippen LogP contribution < -0.4 is 0 Å². The third kappa shape index (κ3) is 5.53. The Morgan fingerprint density at radius 1 is 0.167 bits per heavy atom. The number of benzene rings is 12. The summed E-state index contributed by atoms with van der Waals surface area (Å²) in [5.74, 6) is 0. The molecule has 0 radical (unpaired) electrons. The standard InChI is InChI=1S/C60H38/c1-2-15-40(16-3-1)57-37-41-18-4-5-19-42(41)38-58(57)45-31-33-48-43(35-45)29-30-44-36-46(32-34-49(44)48)59-53-24-10-12-26-55(53)60(56-27-13-11-25-54(56)59)52-23-9-8-22-51(52)50-28-14-20-39-17-6-7-21-47(39)50/h1-38H. The molecule has 0 bridgehead atoms. The molecule has 0 nitrogen and oxygen atoms in total. The van der Waals surface area contributed by atoms with Gasteiger partial charge in [0.15, 0.2) is 0 Å². The molecule has 12 aromatic rings. The molecular formula is C60H38. The van der Waals surface area contributed by atoms with Crippen LogP contribution in [0.3, 0.4) is 0 Å². The number of hydrogen-bond acceptors (Lipinski definition) is 0. The van der Waals surface area contributed by atoms with E-state index in [2.05, 4.69) is 231 Å². The smallest absolute Gasteiger partial charge is 0.00201 e. The molecule has 0 aliphatic rings. The van der Waals surface area contributed by atoms with Gasteiger partial charge in [-0.05, 0) is 145 Å². The highest BCUT2D eigenvalue weighted by Crippen LogP contribution is 2.47. The summed E-state index contributed by atoms with van der Waals surface area (Å²) in [7, 11) is 0. The van der Waals surface area contributed by atoms with Gasteiger partial charge in [-0.25, -0.2) is 0 Å². The Bertz CT molecular complexity index is 3590. The van der Waals surface area contributed by atoms with E-state index in [4.69, 9.17) is 0 Å². The molecule has 0 heterocycles. The average Bonchev–Trinajstić information content (AvgIpc) is 3.32. The Hall–Kier alpha value is -7.80. The molecule has 0 N–H and O–H groups in total. The van der Waals surface area contributed by atoms with Crippen molar-refractivity contribution < 1.29 is 0 Å². The van der Waals surface area contributed by atoms with Gasteiger partial charge in [-0.2, -0.15) is 0 Å². The SMILES string of the molecule is c1ccc(-c2cc3ccccc3cc2-c2ccc3c(ccc4cc(-c5c6ccccc6c(-c6ccccc6-c6cccc7ccccc67)c6ccccc56)ccc43)c2)cc1. The molecule has 0 spiro atoms. The minimum atomic E-state index is 1.23. The van der Waals surface area contributed by atoms with Gasteiger partial charge >= 0.3 is 0 Å². The second-order valence-electron chi connectivity index (χ2n) is 16.0. The van der Waals surface area contributed by atoms with Gasteiger partial charge in [-0.15, -0.1) is 0 Å². The van der Waals surface area contributed by atoms with Gasteiger partial charge in [0, 0.05) is 0 Å². The van der Waals surface area contributed by atoms with Crippen LogP contribution in [0.25, 0.3) is 120 Å². The summed E-state index contributed by atoms with van der Waals surface area (Å²) >= 11 is 0. The summed E-state index contributed by atoms with van der Waals surface area (Å²) in [4.78, 5) is 0. The highest BCUT2D eigenvalue weighted by molar-refractivity contribution is 6.23. The molecule has 0 amide bonds. The predicted molar refractivity (Wildman–Crippen MR) is 259 cm³/mol. The van der Waals surface area contributed by atoms with Crippen molar-refractivity contribution in [3.05, 3.63) is 231 Å². The molecule has 0 saturated carbocycles. The molecule has 0 aliphatic heterocycles. The molecule has 12 aromatic carbocycles. The highest BCUT2D eigenvalue weighted by Gasteiger charge is 2.20. The van der Waals surface area contributed by atoms with E-state index < -0.39 is 0 Å². The molecule has 60 heavy (non-hydrogen) atoms. The predicted octanol–water partition coefficient (Wildman–Crippen LogP) is 16.9. The first-order chi connectivity index (χ1) is 29.8. The lowest BCUT2D eigenvalue weighted by molar-refractivity contribution is 1.62. The van der Waals surface area contributed by atoms with Crippen molar-refractivity contribution in [3.8, 4) is 55.6 Å². The molecule has 0 fully saturated rings. The Morgan fingerprint density at radius 3 is 1.27 bits per heavy atom. The van der Waals surface area contributed by atoms with Crippen molar-refractivity contribution in [1.29, 1.82) is 0 Å². The molecule has 0 saturated heterocycles. The van der Waals surface area contributed by atoms with E-state index in [-0.39, 0.29) is 0 Å². The van der Waals surface area contributed by atoms with Crippen molar-refractivity contribution in [2.24, 2.45) is 0 Å². The third-order valence-corrected chi connectivity index (χ3v) is 12.6. The Balaban J connectivity index is 1.02. The maximum absolute atomic E-state index is 2.40. The fourth-order valence-corrected chi connectivity index (χ4v) is 9.86. The quantitative estimate of drug-likeness (QED) is 0.121. The zero-order chi connectivity index (χ0) is 39.6. The van der Waals surface area contributed by atoms with Crippen molar-refractivity contribution >= 4 is 64.6 Å². The van der Waals surface area contributed by atoms with Gasteiger partial charge in [-0.3, -0.25) is 0 Å². The third-order valence-electron chi connectivity index (χ3n) is 12.6. The van der Waals surface area contributed by atoms with Crippen LogP contribution in [0.15, 0.2) is 231 Å². The lowest BCUT2D eigenvalue weighted by Gasteiger charge is -2.20. The fourth-order valence-electron chi connectivity index (χ4n) is 9.86. The van der Waals surface area contributed by atoms with Gasteiger partial charge < -0.3 is 0 Å². The summed E-state index contributed by atoms with van der Waals surface area (Å²) in [6.45, 7) is 0. The Morgan fingerprint density at radius 2 is 0.617 bits per heavy atom. The molecule has 0 aliphatic carbocycles. The largest absolute Gasteiger partial charge is 0.0622 e. The number of fused-ring (bicyclic) bond motifs is 7. The van der Waals surface area contributed by atoms with Crippen molar-refractivity contribution in [2.45, 2.75) is 0 Å². The van der Waals surface area contributed by atoms with E-state index in [0.717, 1.165) is 0 Å². The monoisotopic (exact) mass is 758 g/mol. The van der Waals surface area contributed by atoms with E-state index in [9.17, 15) is 0 Å². The van der Waals surface area contributed by atoms with Crippen LogP contribution in [-0.2, 0) is 0 Å². The van der Waals surface area contributed by atoms with E-state index in [1.165, 1.54) is 120 Å². The maximum Gasteiger partial charge on any atom is -0.00201 e. The molecular weight excluding hydrogens is 721 g/mol. The van der Waals surface area contributed by atoms with Crippen LogP contribution >= 0.6 is 0 Å². The lowest BCUT2D eigenvalue weighted by atomic mass is 9.83. The van der Waals surface area contributed by atoms with E-state index in [1.807, 2.05) is 0 Å². The summed E-state index contributed by atoms with van der Waals surface area (Å²) < 4.78 is 0. The van der Waals surface area contributed by atoms with Crippen LogP contribution in [0.2, 0.25) is 0 Å². The summed E-state index contributed by atoms with van der Waals surface area (Å²) in [5, 5.41) is 15.1. The Kier molecular flexibility index (Phi) is 7.96. The molecule has 278 valence electrons. The second kappa shape index (κ2) is 13.9. The minimum absolute atomic E-state index is 1.23. The molecule has 0 unspecified atom stereocenters. The second-order valence-corrected chi connectivity index (χ2v) is 16.0. The molecule has 0 atom stereocenters. The van der Waals surface area contributed by atoms with Gasteiger partial charge in [-0.1, -0.05) is 206 Å². The maximum atomic E-state index is 2.40. The minimum Gasteiger partial charge on any atom is -0.0622 e. The first-order valence-electron chi connectivity index (χ1n) is 20.8. The van der Waals surface area contributed by atoms with Crippen molar-refractivity contribution in [2.75, 3.05) is 0 Å². The summed E-state index contributed by atoms with van der Waals surface area (Å²) in [5.41, 5.74) is 12.5. The number of rotatable bonds is 5. The van der Waals surface area contributed by atoms with E-state index >= 15 is 0 Å². The highest BCUT2D eigenvalue weighted by atomic mass is 14.2. The normalized spacial score (nSPS) is 11.7. The average molecular weight is 759 g/mol. The van der Waals surface area contributed by atoms with Crippen LogP contribution in [0.5, 0.6) is 0 Å².